The van der Waals surface area contributed by atoms with Crippen LogP contribution in [0, 0.1) is 0 Å². The summed E-state index contributed by atoms with van der Waals surface area (Å²) in [6.07, 6.45) is 6.29. The normalized spacial score (nSPS) is 23.8. The van der Waals surface area contributed by atoms with Crippen molar-refractivity contribution in [3.8, 4) is 0 Å². The van der Waals surface area contributed by atoms with Gasteiger partial charge in [-0.3, -0.25) is 9.59 Å². The summed E-state index contributed by atoms with van der Waals surface area (Å²) in [7, 11) is 0. The number of rotatable bonds is 2. The quantitative estimate of drug-likeness (QED) is 0.703. The first-order chi connectivity index (χ1) is 12.4. The lowest BCUT2D eigenvalue weighted by atomic mass is 10.0. The van der Waals surface area contributed by atoms with Gasteiger partial charge in [0, 0.05) is 30.7 Å². The number of carbonyl (C=O) groups excluding carboxylic acids is 2. The molecule has 26 heavy (non-hydrogen) atoms. The van der Waals surface area contributed by atoms with E-state index >= 15 is 0 Å². The second-order valence-electron chi connectivity index (χ2n) is 7.50. The van der Waals surface area contributed by atoms with E-state index in [-0.39, 0.29) is 33.9 Å². The maximum atomic E-state index is 12.9. The third-order valence-corrected chi connectivity index (χ3v) is 6.23. The summed E-state index contributed by atoms with van der Waals surface area (Å²) in [5, 5.41) is 0.515. The van der Waals surface area contributed by atoms with Gasteiger partial charge in [-0.15, -0.1) is 0 Å². The molecular formula is C20H26Cl2N2O2. The van der Waals surface area contributed by atoms with Crippen LogP contribution in [0.15, 0.2) is 12.1 Å². The first-order valence-electron chi connectivity index (χ1n) is 9.51. The Morgan fingerprint density at radius 3 is 1.77 bits per heavy atom. The summed E-state index contributed by atoms with van der Waals surface area (Å²) in [5.41, 5.74) is 0.766. The number of benzene rings is 1. The molecular weight excluding hydrogens is 371 g/mol. The number of piperidine rings is 2. The topological polar surface area (TPSA) is 40.6 Å². The van der Waals surface area contributed by atoms with E-state index in [2.05, 4.69) is 13.8 Å². The Labute approximate surface area is 165 Å². The SMILES string of the molecule is C[C@H]1CCCCN1C(=O)c1cc(Cl)c(C(=O)N2CCCC[C@@H]2C)c(Cl)c1. The van der Waals surface area contributed by atoms with Crippen LogP contribution >= 0.6 is 23.2 Å². The zero-order valence-corrected chi connectivity index (χ0v) is 16.9. The van der Waals surface area contributed by atoms with Crippen molar-refractivity contribution in [1.29, 1.82) is 0 Å². The highest BCUT2D eigenvalue weighted by atomic mass is 35.5. The summed E-state index contributed by atoms with van der Waals surface area (Å²) < 4.78 is 0. The van der Waals surface area contributed by atoms with Crippen LogP contribution in [0.5, 0.6) is 0 Å². The summed E-state index contributed by atoms with van der Waals surface area (Å²) in [5.74, 6) is -0.205. The van der Waals surface area contributed by atoms with Gasteiger partial charge >= 0.3 is 0 Å². The van der Waals surface area contributed by atoms with Gasteiger partial charge in [0.2, 0.25) is 0 Å². The summed E-state index contributed by atoms with van der Waals surface area (Å²) in [6.45, 7) is 5.59. The highest BCUT2D eigenvalue weighted by Crippen LogP contribution is 2.31. The van der Waals surface area contributed by atoms with Gasteiger partial charge in [-0.2, -0.15) is 0 Å². The van der Waals surface area contributed by atoms with Crippen LogP contribution in [0.25, 0.3) is 0 Å². The molecule has 0 unspecified atom stereocenters. The Hall–Kier alpha value is -1.26. The first kappa shape index (κ1) is 19.5. The number of hydrogen-bond acceptors (Lipinski definition) is 2. The Morgan fingerprint density at radius 2 is 1.31 bits per heavy atom. The van der Waals surface area contributed by atoms with E-state index < -0.39 is 0 Å². The molecule has 4 nitrogen and oxygen atoms in total. The first-order valence-corrected chi connectivity index (χ1v) is 10.3. The fourth-order valence-corrected chi connectivity index (χ4v) is 4.66. The van der Waals surface area contributed by atoms with Crippen LogP contribution < -0.4 is 0 Å². The molecule has 6 heteroatoms. The number of carbonyl (C=O) groups is 2. The molecule has 0 N–H and O–H groups in total. The van der Waals surface area contributed by atoms with Gasteiger partial charge in [0.05, 0.1) is 15.6 Å². The van der Waals surface area contributed by atoms with E-state index in [1.165, 1.54) is 0 Å². The summed E-state index contributed by atoms with van der Waals surface area (Å²) in [4.78, 5) is 29.5. The van der Waals surface area contributed by atoms with Crippen molar-refractivity contribution in [2.24, 2.45) is 0 Å². The molecule has 2 fully saturated rings. The fraction of sp³-hybridized carbons (Fsp3) is 0.600. The van der Waals surface area contributed by atoms with Crippen LogP contribution in [0.3, 0.4) is 0 Å². The number of halogens is 2. The van der Waals surface area contributed by atoms with Gasteiger partial charge in [-0.05, 0) is 64.5 Å². The lowest BCUT2D eigenvalue weighted by molar-refractivity contribution is 0.0623. The second kappa shape index (κ2) is 8.18. The van der Waals surface area contributed by atoms with Crippen molar-refractivity contribution in [3.05, 3.63) is 33.3 Å². The lowest BCUT2D eigenvalue weighted by Gasteiger charge is -2.34. The van der Waals surface area contributed by atoms with E-state index in [0.717, 1.165) is 51.6 Å². The van der Waals surface area contributed by atoms with Gasteiger partial charge in [0.15, 0.2) is 0 Å². The Kier molecular flexibility index (Phi) is 6.13. The van der Waals surface area contributed by atoms with Crippen molar-refractivity contribution in [2.45, 2.75) is 64.5 Å². The second-order valence-corrected chi connectivity index (χ2v) is 8.32. The van der Waals surface area contributed by atoms with Crippen molar-refractivity contribution >= 4 is 35.0 Å². The van der Waals surface area contributed by atoms with Gasteiger partial charge in [0.1, 0.15) is 0 Å². The van der Waals surface area contributed by atoms with Crippen molar-refractivity contribution < 1.29 is 9.59 Å². The number of nitrogens with zero attached hydrogens (tertiary/aromatic N) is 2. The molecule has 2 aliphatic heterocycles. The molecule has 2 aliphatic rings. The molecule has 0 aliphatic carbocycles. The van der Waals surface area contributed by atoms with Crippen LogP contribution in [0.1, 0.15) is 73.1 Å². The zero-order chi connectivity index (χ0) is 18.8. The predicted molar refractivity (Wildman–Crippen MR) is 105 cm³/mol. The fourth-order valence-electron chi connectivity index (χ4n) is 4.01. The zero-order valence-electron chi connectivity index (χ0n) is 15.4. The average molecular weight is 397 g/mol. The molecule has 1 aromatic carbocycles. The van der Waals surface area contributed by atoms with E-state index in [1.807, 2.05) is 9.80 Å². The van der Waals surface area contributed by atoms with E-state index in [9.17, 15) is 9.59 Å². The number of likely N-dealkylation sites (tertiary alicyclic amines) is 2. The Balaban J connectivity index is 1.86. The highest BCUT2D eigenvalue weighted by molar-refractivity contribution is 6.40. The monoisotopic (exact) mass is 396 g/mol. The van der Waals surface area contributed by atoms with Crippen molar-refractivity contribution in [1.82, 2.24) is 9.80 Å². The highest BCUT2D eigenvalue weighted by Gasteiger charge is 2.30. The third kappa shape index (κ3) is 3.86. The largest absolute Gasteiger partial charge is 0.336 e. The lowest BCUT2D eigenvalue weighted by Crippen LogP contribution is -2.42. The molecule has 0 radical (unpaired) electrons. The van der Waals surface area contributed by atoms with E-state index in [4.69, 9.17) is 23.2 Å². The van der Waals surface area contributed by atoms with Crippen LogP contribution in [0.4, 0.5) is 0 Å². The van der Waals surface area contributed by atoms with Gasteiger partial charge < -0.3 is 9.80 Å². The van der Waals surface area contributed by atoms with Gasteiger partial charge in [-0.1, -0.05) is 23.2 Å². The number of hydrogen-bond donors (Lipinski definition) is 0. The number of amides is 2. The van der Waals surface area contributed by atoms with Crippen LogP contribution in [-0.2, 0) is 0 Å². The minimum absolute atomic E-state index is 0.0636. The minimum atomic E-state index is -0.141. The molecule has 2 heterocycles. The molecule has 2 atom stereocenters. The minimum Gasteiger partial charge on any atom is -0.336 e. The molecule has 0 bridgehead atoms. The molecule has 0 spiro atoms. The third-order valence-electron chi connectivity index (χ3n) is 5.63. The van der Waals surface area contributed by atoms with Crippen LogP contribution in [0.2, 0.25) is 10.0 Å². The summed E-state index contributed by atoms with van der Waals surface area (Å²) in [6, 6.07) is 3.58. The predicted octanol–water partition coefficient (Wildman–Crippen LogP) is 5.02. The van der Waals surface area contributed by atoms with E-state index in [1.54, 1.807) is 12.1 Å². The summed E-state index contributed by atoms with van der Waals surface area (Å²) >= 11 is 12.8. The molecule has 2 saturated heterocycles. The molecule has 142 valence electrons. The van der Waals surface area contributed by atoms with Gasteiger partial charge in [-0.25, -0.2) is 0 Å². The maximum absolute atomic E-state index is 12.9. The maximum Gasteiger partial charge on any atom is 0.257 e. The average Bonchev–Trinajstić information content (AvgIpc) is 2.61. The van der Waals surface area contributed by atoms with Crippen molar-refractivity contribution in [2.75, 3.05) is 13.1 Å². The molecule has 1 aromatic rings. The smallest absolute Gasteiger partial charge is 0.257 e. The molecule has 0 aromatic heterocycles. The standard InChI is InChI=1S/C20H26Cl2N2O2/c1-13-7-3-5-9-23(13)19(25)15-11-16(21)18(17(22)12-15)20(26)24-10-6-4-8-14(24)2/h11-14H,3-10H2,1-2H3/t13-,14-/m0/s1. The van der Waals surface area contributed by atoms with Gasteiger partial charge in [0.25, 0.3) is 11.8 Å². The van der Waals surface area contributed by atoms with Crippen LogP contribution in [-0.4, -0.2) is 46.8 Å². The Bertz CT molecular complexity index is 684. The van der Waals surface area contributed by atoms with E-state index in [0.29, 0.717) is 11.1 Å². The molecule has 0 saturated carbocycles. The van der Waals surface area contributed by atoms with Crippen molar-refractivity contribution in [3.63, 3.8) is 0 Å². The Morgan fingerprint density at radius 1 is 0.846 bits per heavy atom. The molecule has 3 rings (SSSR count). The molecule has 2 amide bonds.